The van der Waals surface area contributed by atoms with E-state index in [0.717, 1.165) is 33.8 Å². The van der Waals surface area contributed by atoms with E-state index in [1.54, 1.807) is 24.3 Å². The van der Waals surface area contributed by atoms with E-state index in [-0.39, 0.29) is 10.9 Å². The third kappa shape index (κ3) is 3.81. The van der Waals surface area contributed by atoms with E-state index in [1.807, 2.05) is 36.4 Å². The number of hydrogen-bond acceptors (Lipinski definition) is 5. The van der Waals surface area contributed by atoms with Crippen molar-refractivity contribution < 1.29 is 9.72 Å². The lowest BCUT2D eigenvalue weighted by molar-refractivity contribution is -0.380. The van der Waals surface area contributed by atoms with Crippen molar-refractivity contribution in [3.63, 3.8) is 0 Å². The summed E-state index contributed by atoms with van der Waals surface area (Å²) in [6.45, 7) is 0. The summed E-state index contributed by atoms with van der Waals surface area (Å²) in [6, 6.07) is 18.2. The molecule has 0 aliphatic rings. The van der Waals surface area contributed by atoms with Crippen LogP contribution in [0.15, 0.2) is 66.7 Å². The number of amides is 1. The zero-order valence-corrected chi connectivity index (χ0v) is 15.3. The minimum Gasteiger partial charge on any atom is -0.338 e. The Morgan fingerprint density at radius 2 is 1.89 bits per heavy atom. The van der Waals surface area contributed by atoms with E-state index in [0.29, 0.717) is 10.6 Å². The Balaban J connectivity index is 1.42. The quantitative estimate of drug-likeness (QED) is 0.289. The topological polar surface area (TPSA) is 101 Å². The molecule has 2 heterocycles. The lowest BCUT2D eigenvalue weighted by Crippen LogP contribution is -2.07. The molecule has 0 fully saturated rings. The molecular weight excluding hydrogens is 376 g/mol. The Labute approximate surface area is 163 Å². The van der Waals surface area contributed by atoms with Crippen LogP contribution in [-0.4, -0.2) is 20.8 Å². The Kier molecular flexibility index (Phi) is 4.69. The molecule has 138 valence electrons. The highest BCUT2D eigenvalue weighted by molar-refractivity contribution is 7.16. The smallest absolute Gasteiger partial charge is 0.324 e. The van der Waals surface area contributed by atoms with Gasteiger partial charge < -0.3 is 10.3 Å². The van der Waals surface area contributed by atoms with Gasteiger partial charge in [0, 0.05) is 28.3 Å². The van der Waals surface area contributed by atoms with Crippen LogP contribution in [0.25, 0.3) is 28.5 Å². The second-order valence-electron chi connectivity index (χ2n) is 5.94. The zero-order chi connectivity index (χ0) is 19.5. The van der Waals surface area contributed by atoms with Gasteiger partial charge in [0.05, 0.1) is 16.0 Å². The molecule has 0 saturated heterocycles. The first-order chi connectivity index (χ1) is 13.6. The summed E-state index contributed by atoms with van der Waals surface area (Å²) in [5.41, 5.74) is 3.42. The van der Waals surface area contributed by atoms with Gasteiger partial charge in [-0.2, -0.15) is 0 Å². The van der Waals surface area contributed by atoms with Crippen LogP contribution in [-0.2, 0) is 4.79 Å². The number of aromatic amines is 1. The van der Waals surface area contributed by atoms with Crippen LogP contribution in [0.4, 0.5) is 10.7 Å². The average Bonchev–Trinajstić information content (AvgIpc) is 3.34. The first-order valence-corrected chi connectivity index (χ1v) is 9.18. The van der Waals surface area contributed by atoms with E-state index < -0.39 is 4.92 Å². The second kappa shape index (κ2) is 7.45. The highest BCUT2D eigenvalue weighted by Crippen LogP contribution is 2.25. The summed E-state index contributed by atoms with van der Waals surface area (Å²) < 4.78 is 0. The van der Waals surface area contributed by atoms with Gasteiger partial charge in [-0.25, -0.2) is 4.98 Å². The molecule has 4 rings (SSSR count). The fourth-order valence-corrected chi connectivity index (χ4v) is 3.40. The number of nitrogens with one attached hydrogen (secondary N) is 2. The first-order valence-electron chi connectivity index (χ1n) is 8.37. The Hall–Kier alpha value is -3.78. The molecule has 0 aliphatic carbocycles. The standard InChI is InChI=1S/C20H14N4O3S/c25-18(11-9-15-10-12-19(28-15)24(26)27)21-14-7-5-13(6-8-14)20-22-16-3-1-2-4-17(16)23-20/h1-12H,(H,21,25)(H,22,23)/b11-9+. The molecule has 28 heavy (non-hydrogen) atoms. The molecule has 0 saturated carbocycles. The Morgan fingerprint density at radius 3 is 2.61 bits per heavy atom. The van der Waals surface area contributed by atoms with Crippen molar-refractivity contribution >= 4 is 45.0 Å². The van der Waals surface area contributed by atoms with Gasteiger partial charge in [-0.3, -0.25) is 14.9 Å². The number of hydrogen-bond donors (Lipinski definition) is 2. The number of benzene rings is 2. The number of H-pyrrole nitrogens is 1. The number of anilines is 1. The van der Waals surface area contributed by atoms with Gasteiger partial charge in [0.15, 0.2) is 0 Å². The molecular formula is C20H14N4O3S. The van der Waals surface area contributed by atoms with E-state index >= 15 is 0 Å². The molecule has 2 N–H and O–H groups in total. The summed E-state index contributed by atoms with van der Waals surface area (Å²) in [5, 5.41) is 13.5. The molecule has 1 amide bonds. The molecule has 0 bridgehead atoms. The number of rotatable bonds is 5. The number of thiophene rings is 1. The van der Waals surface area contributed by atoms with Gasteiger partial charge in [-0.15, -0.1) is 0 Å². The number of aromatic nitrogens is 2. The lowest BCUT2D eigenvalue weighted by Gasteiger charge is -2.03. The number of carbonyl (C=O) groups excluding carboxylic acids is 1. The van der Waals surface area contributed by atoms with E-state index in [1.165, 1.54) is 12.1 Å². The highest BCUT2D eigenvalue weighted by Gasteiger charge is 2.08. The van der Waals surface area contributed by atoms with Crippen LogP contribution in [0, 0.1) is 10.1 Å². The third-order valence-electron chi connectivity index (χ3n) is 4.01. The Bertz CT molecular complexity index is 1160. The number of carbonyl (C=O) groups is 1. The third-order valence-corrected chi connectivity index (χ3v) is 5.01. The van der Waals surface area contributed by atoms with Crippen molar-refractivity contribution in [3.8, 4) is 11.4 Å². The van der Waals surface area contributed by atoms with Gasteiger partial charge in [0.1, 0.15) is 5.82 Å². The van der Waals surface area contributed by atoms with Crippen molar-refractivity contribution in [2.75, 3.05) is 5.32 Å². The number of fused-ring (bicyclic) bond motifs is 1. The van der Waals surface area contributed by atoms with Gasteiger partial charge in [0.2, 0.25) is 5.91 Å². The number of para-hydroxylation sites is 2. The maximum atomic E-state index is 12.1. The van der Waals surface area contributed by atoms with Crippen LogP contribution in [0.5, 0.6) is 0 Å². The fourth-order valence-electron chi connectivity index (χ4n) is 2.67. The summed E-state index contributed by atoms with van der Waals surface area (Å²) in [5.74, 6) is 0.450. The molecule has 4 aromatic rings. The van der Waals surface area contributed by atoms with Crippen LogP contribution < -0.4 is 5.32 Å². The van der Waals surface area contributed by atoms with Gasteiger partial charge >= 0.3 is 5.00 Å². The van der Waals surface area contributed by atoms with Gasteiger partial charge in [-0.05, 0) is 48.5 Å². The largest absolute Gasteiger partial charge is 0.338 e. The van der Waals surface area contributed by atoms with Crippen molar-refractivity contribution in [1.82, 2.24) is 9.97 Å². The lowest BCUT2D eigenvalue weighted by atomic mass is 10.2. The van der Waals surface area contributed by atoms with E-state index in [9.17, 15) is 14.9 Å². The molecule has 0 unspecified atom stereocenters. The predicted octanol–water partition coefficient (Wildman–Crippen LogP) is 4.85. The molecule has 0 aliphatic heterocycles. The monoisotopic (exact) mass is 390 g/mol. The maximum absolute atomic E-state index is 12.1. The van der Waals surface area contributed by atoms with Crippen LogP contribution in [0.1, 0.15) is 4.88 Å². The molecule has 2 aromatic carbocycles. The van der Waals surface area contributed by atoms with Crippen LogP contribution in [0.2, 0.25) is 0 Å². The van der Waals surface area contributed by atoms with Gasteiger partial charge in [-0.1, -0.05) is 23.5 Å². The SMILES string of the molecule is O=C(/C=C/c1ccc([N+](=O)[O-])s1)Nc1ccc(-c2nc3ccccc3[nH]2)cc1. The van der Waals surface area contributed by atoms with Crippen molar-refractivity contribution in [3.05, 3.63) is 81.7 Å². The number of imidazole rings is 1. The summed E-state index contributed by atoms with van der Waals surface area (Å²) in [7, 11) is 0. The Morgan fingerprint density at radius 1 is 1.11 bits per heavy atom. The second-order valence-corrected chi connectivity index (χ2v) is 7.03. The summed E-state index contributed by atoms with van der Waals surface area (Å²) >= 11 is 1.01. The number of nitro groups is 1. The minimum absolute atomic E-state index is 0.0428. The fraction of sp³-hybridized carbons (Fsp3) is 0. The highest BCUT2D eigenvalue weighted by atomic mass is 32.1. The van der Waals surface area contributed by atoms with Crippen molar-refractivity contribution in [1.29, 1.82) is 0 Å². The van der Waals surface area contributed by atoms with Crippen LogP contribution >= 0.6 is 11.3 Å². The molecule has 7 nitrogen and oxygen atoms in total. The summed E-state index contributed by atoms with van der Waals surface area (Å²) in [6.07, 6.45) is 2.90. The maximum Gasteiger partial charge on any atom is 0.324 e. The summed E-state index contributed by atoms with van der Waals surface area (Å²) in [4.78, 5) is 30.7. The molecule has 0 spiro atoms. The van der Waals surface area contributed by atoms with E-state index in [2.05, 4.69) is 15.3 Å². The molecule has 2 aromatic heterocycles. The molecule has 8 heteroatoms. The molecule has 0 atom stereocenters. The minimum atomic E-state index is -0.453. The van der Waals surface area contributed by atoms with Gasteiger partial charge in [0.25, 0.3) is 0 Å². The normalized spacial score (nSPS) is 11.1. The van der Waals surface area contributed by atoms with Crippen molar-refractivity contribution in [2.24, 2.45) is 0 Å². The predicted molar refractivity (Wildman–Crippen MR) is 110 cm³/mol. The first kappa shape index (κ1) is 17.6. The van der Waals surface area contributed by atoms with E-state index in [4.69, 9.17) is 0 Å². The number of nitrogens with zero attached hydrogens (tertiary/aromatic N) is 2. The average molecular weight is 390 g/mol. The van der Waals surface area contributed by atoms with Crippen LogP contribution in [0.3, 0.4) is 0 Å². The van der Waals surface area contributed by atoms with Crippen molar-refractivity contribution in [2.45, 2.75) is 0 Å². The zero-order valence-electron chi connectivity index (χ0n) is 14.5. The molecule has 0 radical (unpaired) electrons.